The van der Waals surface area contributed by atoms with Gasteiger partial charge in [0.2, 0.25) is 0 Å². The van der Waals surface area contributed by atoms with Crippen LogP contribution < -0.4 is 0 Å². The van der Waals surface area contributed by atoms with Crippen LogP contribution in [0.25, 0.3) is 0 Å². The smallest absolute Gasteiger partial charge is 0.00750 e. The molecule has 0 aromatic heterocycles. The highest BCUT2D eigenvalue weighted by molar-refractivity contribution is 8.00. The van der Waals surface area contributed by atoms with E-state index in [1.54, 1.807) is 0 Å². The molecule has 74 valence electrons. The van der Waals surface area contributed by atoms with Gasteiger partial charge in [-0.15, -0.1) is 0 Å². The molecule has 0 amide bonds. The molecule has 0 radical (unpaired) electrons. The highest BCUT2D eigenvalue weighted by Gasteiger charge is 2.10. The summed E-state index contributed by atoms with van der Waals surface area (Å²) in [6, 6.07) is 0. The molecule has 0 bridgehead atoms. The summed E-state index contributed by atoms with van der Waals surface area (Å²) in [6.07, 6.45) is 2.59. The van der Waals surface area contributed by atoms with E-state index in [0.717, 1.165) is 11.7 Å². The van der Waals surface area contributed by atoms with Gasteiger partial charge >= 0.3 is 0 Å². The van der Waals surface area contributed by atoms with Crippen molar-refractivity contribution in [3.8, 4) is 0 Å². The van der Waals surface area contributed by atoms with Crippen molar-refractivity contribution >= 4 is 24.4 Å². The minimum absolute atomic E-state index is 0.431. The molecule has 12 heavy (non-hydrogen) atoms. The largest absolute Gasteiger partial charge is 0.179 e. The van der Waals surface area contributed by atoms with Crippen molar-refractivity contribution in [2.45, 2.75) is 45.3 Å². The Hall–Kier alpha value is 0.700. The predicted octanol–water partition coefficient (Wildman–Crippen LogP) is 3.86. The van der Waals surface area contributed by atoms with Gasteiger partial charge in [0, 0.05) is 4.75 Å². The number of rotatable bonds is 5. The quantitative estimate of drug-likeness (QED) is 0.666. The van der Waals surface area contributed by atoms with E-state index in [2.05, 4.69) is 52.1 Å². The molecule has 0 saturated carbocycles. The summed E-state index contributed by atoms with van der Waals surface area (Å²) in [4.78, 5) is 0. The first-order valence-corrected chi connectivity index (χ1v) is 6.32. The van der Waals surface area contributed by atoms with Crippen LogP contribution in [0.2, 0.25) is 0 Å². The van der Waals surface area contributed by atoms with E-state index in [0.29, 0.717) is 4.75 Å². The molecule has 0 N–H and O–H groups in total. The number of hydrogen-bond donors (Lipinski definition) is 1. The molecule has 0 aromatic carbocycles. The molecule has 2 heteroatoms. The van der Waals surface area contributed by atoms with Crippen molar-refractivity contribution in [3.05, 3.63) is 0 Å². The Labute approximate surface area is 87.3 Å². The zero-order chi connectivity index (χ0) is 9.61. The van der Waals surface area contributed by atoms with E-state index in [-0.39, 0.29) is 0 Å². The predicted molar refractivity (Wildman–Crippen MR) is 64.5 cm³/mol. The van der Waals surface area contributed by atoms with Crippen LogP contribution in [-0.4, -0.2) is 16.3 Å². The second kappa shape index (κ2) is 6.20. The van der Waals surface area contributed by atoms with Crippen molar-refractivity contribution in [1.29, 1.82) is 0 Å². The molecule has 0 saturated heterocycles. The molecule has 0 nitrogen and oxygen atoms in total. The Bertz CT molecular complexity index is 105. The maximum atomic E-state index is 4.23. The standard InChI is InChI=1S/C10H22S2/c1-9(5-7-11)6-8-12-10(2,3)4/h9,11H,5-8H2,1-4H3. The van der Waals surface area contributed by atoms with Crippen LogP contribution in [0.15, 0.2) is 0 Å². The summed E-state index contributed by atoms with van der Waals surface area (Å²) in [5.74, 6) is 3.16. The van der Waals surface area contributed by atoms with Crippen LogP contribution in [0.4, 0.5) is 0 Å². The molecule has 1 unspecified atom stereocenters. The number of thiol groups is 1. The third-order valence-electron chi connectivity index (χ3n) is 1.77. The summed E-state index contributed by atoms with van der Waals surface area (Å²) in [6.45, 7) is 9.16. The molecule has 0 aromatic rings. The summed E-state index contributed by atoms with van der Waals surface area (Å²) in [5, 5.41) is 0. The van der Waals surface area contributed by atoms with E-state index in [1.807, 2.05) is 0 Å². The summed E-state index contributed by atoms with van der Waals surface area (Å²) in [7, 11) is 0. The molecule has 0 aliphatic rings. The fourth-order valence-corrected chi connectivity index (χ4v) is 2.50. The van der Waals surface area contributed by atoms with Crippen LogP contribution in [0.1, 0.15) is 40.5 Å². The maximum absolute atomic E-state index is 4.23. The van der Waals surface area contributed by atoms with Gasteiger partial charge in [0.1, 0.15) is 0 Å². The summed E-state index contributed by atoms with van der Waals surface area (Å²) in [5.41, 5.74) is 0. The summed E-state index contributed by atoms with van der Waals surface area (Å²) >= 11 is 6.30. The Morgan fingerprint density at radius 3 is 2.25 bits per heavy atom. The molecule has 0 heterocycles. The molecule has 0 spiro atoms. The van der Waals surface area contributed by atoms with Gasteiger partial charge < -0.3 is 0 Å². The van der Waals surface area contributed by atoms with Crippen LogP contribution in [0.5, 0.6) is 0 Å². The fourth-order valence-electron chi connectivity index (χ4n) is 0.931. The van der Waals surface area contributed by atoms with E-state index in [4.69, 9.17) is 0 Å². The molecular weight excluding hydrogens is 184 g/mol. The minimum atomic E-state index is 0.431. The van der Waals surface area contributed by atoms with Gasteiger partial charge in [-0.1, -0.05) is 27.7 Å². The van der Waals surface area contributed by atoms with E-state index in [1.165, 1.54) is 18.6 Å². The molecular formula is C10H22S2. The molecule has 0 fully saturated rings. The zero-order valence-electron chi connectivity index (χ0n) is 8.76. The Morgan fingerprint density at radius 1 is 1.25 bits per heavy atom. The van der Waals surface area contributed by atoms with Crippen molar-refractivity contribution in [2.75, 3.05) is 11.5 Å². The lowest BCUT2D eigenvalue weighted by atomic mass is 10.1. The van der Waals surface area contributed by atoms with Gasteiger partial charge in [0.25, 0.3) is 0 Å². The highest BCUT2D eigenvalue weighted by atomic mass is 32.2. The van der Waals surface area contributed by atoms with Crippen molar-refractivity contribution < 1.29 is 0 Å². The summed E-state index contributed by atoms with van der Waals surface area (Å²) < 4.78 is 0.431. The maximum Gasteiger partial charge on any atom is 0.00750 e. The first kappa shape index (κ1) is 12.7. The van der Waals surface area contributed by atoms with Gasteiger partial charge in [0.05, 0.1) is 0 Å². The Morgan fingerprint density at radius 2 is 1.83 bits per heavy atom. The first-order chi connectivity index (χ1) is 5.45. The monoisotopic (exact) mass is 206 g/mol. The van der Waals surface area contributed by atoms with E-state index < -0.39 is 0 Å². The lowest BCUT2D eigenvalue weighted by molar-refractivity contribution is 0.553. The lowest BCUT2D eigenvalue weighted by Crippen LogP contribution is -2.09. The second-order valence-corrected chi connectivity index (χ2v) is 6.74. The second-order valence-electron chi connectivity index (χ2n) is 4.37. The fraction of sp³-hybridized carbons (Fsp3) is 1.00. The minimum Gasteiger partial charge on any atom is -0.179 e. The average Bonchev–Trinajstić information content (AvgIpc) is 1.84. The van der Waals surface area contributed by atoms with Gasteiger partial charge in [-0.2, -0.15) is 24.4 Å². The normalized spacial score (nSPS) is 14.8. The first-order valence-electron chi connectivity index (χ1n) is 4.70. The Balaban J connectivity index is 3.31. The van der Waals surface area contributed by atoms with Crippen molar-refractivity contribution in [3.63, 3.8) is 0 Å². The lowest BCUT2D eigenvalue weighted by Gasteiger charge is -2.18. The topological polar surface area (TPSA) is 0 Å². The van der Waals surface area contributed by atoms with Crippen LogP contribution in [0.3, 0.4) is 0 Å². The van der Waals surface area contributed by atoms with Gasteiger partial charge in [0.15, 0.2) is 0 Å². The van der Waals surface area contributed by atoms with E-state index in [9.17, 15) is 0 Å². The van der Waals surface area contributed by atoms with Gasteiger partial charge in [-0.25, -0.2) is 0 Å². The number of thioether (sulfide) groups is 1. The molecule has 0 aliphatic carbocycles. The SMILES string of the molecule is CC(CCS)CCSC(C)(C)C. The average molecular weight is 206 g/mol. The molecule has 0 rings (SSSR count). The molecule has 0 aliphatic heterocycles. The van der Waals surface area contributed by atoms with Gasteiger partial charge in [-0.3, -0.25) is 0 Å². The van der Waals surface area contributed by atoms with Crippen LogP contribution in [-0.2, 0) is 0 Å². The van der Waals surface area contributed by atoms with Gasteiger partial charge in [-0.05, 0) is 30.3 Å². The van der Waals surface area contributed by atoms with Crippen molar-refractivity contribution in [2.24, 2.45) is 5.92 Å². The third kappa shape index (κ3) is 8.79. The third-order valence-corrected chi connectivity index (χ3v) is 3.33. The van der Waals surface area contributed by atoms with Crippen LogP contribution >= 0.6 is 24.4 Å². The number of hydrogen-bond acceptors (Lipinski definition) is 2. The van der Waals surface area contributed by atoms with Crippen molar-refractivity contribution in [1.82, 2.24) is 0 Å². The van der Waals surface area contributed by atoms with Crippen LogP contribution in [0, 0.1) is 5.92 Å². The highest BCUT2D eigenvalue weighted by Crippen LogP contribution is 2.25. The zero-order valence-corrected chi connectivity index (χ0v) is 10.5. The Kier molecular flexibility index (Phi) is 6.56. The van der Waals surface area contributed by atoms with E-state index >= 15 is 0 Å². The molecule has 1 atom stereocenters.